The van der Waals surface area contributed by atoms with Crippen LogP contribution in [0.15, 0.2) is 90.3 Å². The highest BCUT2D eigenvalue weighted by Crippen LogP contribution is 2.30. The van der Waals surface area contributed by atoms with Gasteiger partial charge in [0.1, 0.15) is 16.5 Å². The summed E-state index contributed by atoms with van der Waals surface area (Å²) in [5, 5.41) is 2.43. The molecule has 1 aliphatic rings. The third-order valence-electron chi connectivity index (χ3n) is 7.24. The lowest BCUT2D eigenvalue weighted by molar-refractivity contribution is -0.137. The van der Waals surface area contributed by atoms with Crippen LogP contribution in [0.3, 0.4) is 0 Å². The van der Waals surface area contributed by atoms with Crippen molar-refractivity contribution < 1.29 is 22.4 Å². The third-order valence-corrected chi connectivity index (χ3v) is 8.08. The Morgan fingerprint density at radius 1 is 0.884 bits per heavy atom. The van der Waals surface area contributed by atoms with Crippen molar-refractivity contribution in [1.29, 1.82) is 0 Å². The molecule has 3 aromatic carbocycles. The van der Waals surface area contributed by atoms with Crippen LogP contribution >= 0.6 is 11.3 Å². The van der Waals surface area contributed by atoms with Crippen LogP contribution in [0.2, 0.25) is 0 Å². The molecule has 0 saturated carbocycles. The van der Waals surface area contributed by atoms with Crippen molar-refractivity contribution >= 4 is 23.3 Å². The van der Waals surface area contributed by atoms with Crippen LogP contribution in [-0.2, 0) is 25.8 Å². The number of benzene rings is 3. The smallest absolute Gasteiger partial charge is 0.335 e. The second kappa shape index (κ2) is 14.1. The molecule has 1 amide bonds. The zero-order chi connectivity index (χ0) is 30.2. The van der Waals surface area contributed by atoms with Crippen molar-refractivity contribution in [3.63, 3.8) is 0 Å². The van der Waals surface area contributed by atoms with Crippen molar-refractivity contribution in [2.75, 3.05) is 32.7 Å². The van der Waals surface area contributed by atoms with Crippen molar-refractivity contribution in [2.45, 2.75) is 25.8 Å². The van der Waals surface area contributed by atoms with Crippen molar-refractivity contribution in [2.24, 2.45) is 0 Å². The van der Waals surface area contributed by atoms with E-state index in [2.05, 4.69) is 34.2 Å². The molecule has 0 unspecified atom stereocenters. The molecule has 0 atom stereocenters. The van der Waals surface area contributed by atoms with Gasteiger partial charge in [0.05, 0.1) is 12.1 Å². The van der Waals surface area contributed by atoms with Crippen LogP contribution in [0.5, 0.6) is 0 Å². The van der Waals surface area contributed by atoms with Gasteiger partial charge in [0.15, 0.2) is 0 Å². The number of halogens is 4. The van der Waals surface area contributed by atoms with Gasteiger partial charge in [0.2, 0.25) is 0 Å². The summed E-state index contributed by atoms with van der Waals surface area (Å²) in [4.78, 5) is 23.9. The monoisotopic (exact) mass is 608 g/mol. The van der Waals surface area contributed by atoms with E-state index in [0.717, 1.165) is 42.9 Å². The van der Waals surface area contributed by atoms with Gasteiger partial charge in [-0.15, -0.1) is 11.3 Å². The fourth-order valence-corrected chi connectivity index (χ4v) is 5.80. The van der Waals surface area contributed by atoms with Crippen LogP contribution in [-0.4, -0.2) is 58.3 Å². The summed E-state index contributed by atoms with van der Waals surface area (Å²) in [5.41, 5.74) is 2.14. The van der Waals surface area contributed by atoms with Crippen molar-refractivity contribution in [1.82, 2.24) is 19.7 Å². The molecule has 0 bridgehead atoms. The molecule has 224 valence electrons. The predicted octanol–water partition coefficient (Wildman–Crippen LogP) is 6.97. The van der Waals surface area contributed by atoms with E-state index < -0.39 is 11.7 Å². The molecular formula is C33H32F4N4OS. The summed E-state index contributed by atoms with van der Waals surface area (Å²) in [6, 6.07) is 21.4. The lowest BCUT2D eigenvalue weighted by Crippen LogP contribution is -2.48. The highest BCUT2D eigenvalue weighted by molar-refractivity contribution is 7.09. The maximum absolute atomic E-state index is 13.5. The predicted molar refractivity (Wildman–Crippen MR) is 161 cm³/mol. The van der Waals surface area contributed by atoms with E-state index in [1.807, 2.05) is 28.0 Å². The minimum atomic E-state index is -4.44. The van der Waals surface area contributed by atoms with Gasteiger partial charge in [-0.3, -0.25) is 14.6 Å². The number of thiazole rings is 1. The lowest BCUT2D eigenvalue weighted by Gasteiger charge is -2.33. The topological polar surface area (TPSA) is 39.7 Å². The molecule has 2 heterocycles. The molecule has 5 rings (SSSR count). The zero-order valence-electron chi connectivity index (χ0n) is 23.5. The molecule has 10 heteroatoms. The highest BCUT2D eigenvalue weighted by atomic mass is 32.1. The average Bonchev–Trinajstić information content (AvgIpc) is 3.47. The van der Waals surface area contributed by atoms with Gasteiger partial charge in [-0.25, -0.2) is 9.37 Å². The van der Waals surface area contributed by atoms with Crippen molar-refractivity contribution in [3.05, 3.63) is 129 Å². The summed E-state index contributed by atoms with van der Waals surface area (Å²) < 4.78 is 53.4. The van der Waals surface area contributed by atoms with Crippen molar-refractivity contribution in [3.8, 4) is 0 Å². The van der Waals surface area contributed by atoms with Gasteiger partial charge < -0.3 is 4.90 Å². The first kappa shape index (κ1) is 30.6. The molecule has 1 aliphatic heterocycles. The third kappa shape index (κ3) is 8.82. The Kier molecular flexibility index (Phi) is 10.0. The van der Waals surface area contributed by atoms with E-state index in [1.54, 1.807) is 23.6 Å². The Bertz CT molecular complexity index is 1510. The minimum Gasteiger partial charge on any atom is -0.335 e. The Morgan fingerprint density at radius 3 is 2.33 bits per heavy atom. The quantitative estimate of drug-likeness (QED) is 0.182. The maximum atomic E-state index is 13.5. The minimum absolute atomic E-state index is 0.120. The largest absolute Gasteiger partial charge is 0.416 e. The Balaban J connectivity index is 1.20. The molecule has 5 nitrogen and oxygen atoms in total. The molecular weight excluding hydrogens is 576 g/mol. The number of hydrogen-bond acceptors (Lipinski definition) is 5. The first-order chi connectivity index (χ1) is 20.7. The SMILES string of the molecule is O=C(c1csc(CN(Cc2ccc(F)cc2)Cc2cccc(C(F)(F)F)c2)n1)N1CCN(C/C=C/c2ccccc2)CC1. The number of alkyl halides is 3. The number of nitrogens with zero attached hydrogens (tertiary/aromatic N) is 4. The number of carbonyl (C=O) groups excluding carboxylic acids is 1. The summed E-state index contributed by atoms with van der Waals surface area (Å²) in [6.45, 7) is 4.49. The molecule has 0 spiro atoms. The molecule has 1 fully saturated rings. The second-order valence-electron chi connectivity index (χ2n) is 10.5. The van der Waals surface area contributed by atoms with E-state index >= 15 is 0 Å². The number of aromatic nitrogens is 1. The summed E-state index contributed by atoms with van der Waals surface area (Å²) in [7, 11) is 0. The maximum Gasteiger partial charge on any atom is 0.416 e. The van der Waals surface area contributed by atoms with E-state index in [1.165, 1.54) is 29.5 Å². The lowest BCUT2D eigenvalue weighted by atomic mass is 10.1. The number of amides is 1. The summed E-state index contributed by atoms with van der Waals surface area (Å²) in [6.07, 6.45) is -0.204. The van der Waals surface area contributed by atoms with Gasteiger partial charge in [0, 0.05) is 51.2 Å². The first-order valence-electron chi connectivity index (χ1n) is 14.0. The fourth-order valence-electron chi connectivity index (χ4n) is 4.99. The fraction of sp³-hybridized carbons (Fsp3) is 0.273. The number of carbonyl (C=O) groups is 1. The molecule has 0 radical (unpaired) electrons. The average molecular weight is 609 g/mol. The van der Waals surface area contributed by atoms with Crippen LogP contribution in [0.4, 0.5) is 17.6 Å². The van der Waals surface area contributed by atoms with Gasteiger partial charge in [0.25, 0.3) is 5.91 Å². The van der Waals surface area contributed by atoms with E-state index in [4.69, 9.17) is 0 Å². The zero-order valence-corrected chi connectivity index (χ0v) is 24.3. The van der Waals surface area contributed by atoms with Gasteiger partial charge >= 0.3 is 6.18 Å². The number of hydrogen-bond donors (Lipinski definition) is 0. The second-order valence-corrected chi connectivity index (χ2v) is 11.4. The Morgan fingerprint density at radius 2 is 1.60 bits per heavy atom. The van der Waals surface area contributed by atoms with Crippen LogP contribution in [0, 0.1) is 5.82 Å². The molecule has 0 N–H and O–H groups in total. The number of piperazine rings is 1. The number of rotatable bonds is 10. The van der Waals surface area contributed by atoms with Gasteiger partial charge in [-0.05, 0) is 34.9 Å². The molecule has 1 saturated heterocycles. The summed E-state index contributed by atoms with van der Waals surface area (Å²) >= 11 is 1.35. The molecule has 43 heavy (non-hydrogen) atoms. The molecule has 0 aliphatic carbocycles. The molecule has 4 aromatic rings. The van der Waals surface area contributed by atoms with Crippen LogP contribution in [0.25, 0.3) is 6.08 Å². The molecule has 1 aromatic heterocycles. The highest BCUT2D eigenvalue weighted by Gasteiger charge is 2.30. The van der Waals surface area contributed by atoms with Crippen LogP contribution in [0.1, 0.15) is 37.7 Å². The van der Waals surface area contributed by atoms with E-state index in [9.17, 15) is 22.4 Å². The van der Waals surface area contributed by atoms with Gasteiger partial charge in [-0.1, -0.05) is 72.8 Å². The first-order valence-corrected chi connectivity index (χ1v) is 14.9. The van der Waals surface area contributed by atoms with E-state index in [0.29, 0.717) is 42.4 Å². The Hall–Kier alpha value is -3.86. The van der Waals surface area contributed by atoms with Gasteiger partial charge in [-0.2, -0.15) is 13.2 Å². The summed E-state index contributed by atoms with van der Waals surface area (Å²) in [5.74, 6) is -0.481. The standard InChI is InChI=1S/C33H32F4N4OS/c34-29-13-11-26(12-14-29)21-40(22-27-8-4-10-28(20-27)33(35,36)37)23-31-38-30(24-43-31)32(42)41-18-16-39(17-19-41)15-5-9-25-6-2-1-3-7-25/h1-14,20,24H,15-19,21-23H2/b9-5+. The van der Waals surface area contributed by atoms with E-state index in [-0.39, 0.29) is 18.3 Å². The normalized spacial score (nSPS) is 14.6. The van der Waals surface area contributed by atoms with Crippen LogP contribution < -0.4 is 0 Å². The Labute approximate surface area is 252 Å².